The smallest absolute Gasteiger partial charge is 0.330 e. The average Bonchev–Trinajstić information content (AvgIpc) is 2.96. The highest BCUT2D eigenvalue weighted by atomic mass is 16.5. The highest BCUT2D eigenvalue weighted by molar-refractivity contribution is 5.84. The molecule has 0 saturated carbocycles. The minimum absolute atomic E-state index is 0.173. The number of allylic oxidation sites excluding steroid dienone is 3. The molecule has 1 aliphatic heterocycles. The molecule has 1 N–H and O–H groups in total. The van der Waals surface area contributed by atoms with E-state index in [-0.39, 0.29) is 12.0 Å². The molecular formula is C18H18N2O2. The van der Waals surface area contributed by atoms with E-state index in [4.69, 9.17) is 0 Å². The second kappa shape index (κ2) is 5.93. The van der Waals surface area contributed by atoms with Gasteiger partial charge in [-0.05, 0) is 17.7 Å². The number of hydrogen-bond acceptors (Lipinski definition) is 3. The normalized spacial score (nSPS) is 18.0. The van der Waals surface area contributed by atoms with Gasteiger partial charge in [0.2, 0.25) is 0 Å². The Hall–Kier alpha value is -2.75. The third kappa shape index (κ3) is 2.68. The number of fused-ring (bicyclic) bond motifs is 1. The molecule has 1 aromatic carbocycles. The number of hydrogen-bond donors (Lipinski definition) is 1. The summed E-state index contributed by atoms with van der Waals surface area (Å²) in [4.78, 5) is 16.6. The number of ether oxygens (including phenoxy) is 1. The van der Waals surface area contributed by atoms with Crippen molar-refractivity contribution < 1.29 is 9.53 Å². The Balaban J connectivity index is 1.84. The fourth-order valence-corrected chi connectivity index (χ4v) is 2.69. The molecule has 0 radical (unpaired) electrons. The predicted octanol–water partition coefficient (Wildman–Crippen LogP) is 3.32. The molecule has 1 unspecified atom stereocenters. The second-order valence-electron chi connectivity index (χ2n) is 5.24. The molecule has 1 atom stereocenters. The van der Waals surface area contributed by atoms with Crippen LogP contribution in [0.3, 0.4) is 0 Å². The maximum Gasteiger partial charge on any atom is 0.330 e. The van der Waals surface area contributed by atoms with Crippen molar-refractivity contribution >= 4 is 16.9 Å². The van der Waals surface area contributed by atoms with E-state index < -0.39 is 0 Å². The molecule has 0 spiro atoms. The molecule has 2 aromatic rings. The molecule has 2 heterocycles. The van der Waals surface area contributed by atoms with Crippen molar-refractivity contribution in [2.45, 2.75) is 6.04 Å². The van der Waals surface area contributed by atoms with Gasteiger partial charge in [0.1, 0.15) is 0 Å². The van der Waals surface area contributed by atoms with E-state index in [0.717, 1.165) is 11.1 Å². The number of carbonyl (C=O) groups is 1. The van der Waals surface area contributed by atoms with Gasteiger partial charge in [-0.2, -0.15) is 0 Å². The van der Waals surface area contributed by atoms with Crippen molar-refractivity contribution in [3.63, 3.8) is 0 Å². The monoisotopic (exact) mass is 294 g/mol. The van der Waals surface area contributed by atoms with Crippen molar-refractivity contribution in [2.75, 3.05) is 14.2 Å². The number of H-pyrrole nitrogens is 1. The second-order valence-corrected chi connectivity index (χ2v) is 5.24. The number of nitrogens with zero attached hydrogens (tertiary/aromatic N) is 1. The van der Waals surface area contributed by atoms with Crippen LogP contribution in [0.25, 0.3) is 10.9 Å². The van der Waals surface area contributed by atoms with Crippen LogP contribution in [-0.4, -0.2) is 30.0 Å². The first-order valence-electron chi connectivity index (χ1n) is 7.13. The number of carbonyl (C=O) groups excluding carboxylic acids is 1. The average molecular weight is 294 g/mol. The topological polar surface area (TPSA) is 45.3 Å². The van der Waals surface area contributed by atoms with Crippen molar-refractivity contribution in [2.24, 2.45) is 0 Å². The SMILES string of the molecule is COC(=O)/C=C/C1=CN(C)C(c2c[nH]c3ccccc23)C=C1. The summed E-state index contributed by atoms with van der Waals surface area (Å²) in [5.74, 6) is -0.351. The maximum atomic E-state index is 11.2. The fourth-order valence-electron chi connectivity index (χ4n) is 2.69. The largest absolute Gasteiger partial charge is 0.466 e. The van der Waals surface area contributed by atoms with Crippen molar-refractivity contribution in [3.8, 4) is 0 Å². The Kier molecular flexibility index (Phi) is 3.83. The number of para-hydroxylation sites is 1. The highest BCUT2D eigenvalue weighted by Crippen LogP contribution is 2.31. The van der Waals surface area contributed by atoms with Gasteiger partial charge in [0, 0.05) is 42.0 Å². The zero-order valence-electron chi connectivity index (χ0n) is 12.6. The van der Waals surface area contributed by atoms with E-state index in [1.165, 1.54) is 24.1 Å². The van der Waals surface area contributed by atoms with Crippen LogP contribution < -0.4 is 0 Å². The molecule has 4 nitrogen and oxygen atoms in total. The van der Waals surface area contributed by atoms with Gasteiger partial charge >= 0.3 is 5.97 Å². The van der Waals surface area contributed by atoms with E-state index in [1.54, 1.807) is 6.08 Å². The quantitative estimate of drug-likeness (QED) is 0.697. The van der Waals surface area contributed by atoms with Crippen LogP contribution in [0.15, 0.2) is 66.5 Å². The molecule has 1 aliphatic rings. The molecule has 0 aliphatic carbocycles. The third-order valence-corrected chi connectivity index (χ3v) is 3.82. The molecular weight excluding hydrogens is 276 g/mol. The molecule has 0 saturated heterocycles. The number of aromatic amines is 1. The van der Waals surface area contributed by atoms with Gasteiger partial charge in [0.05, 0.1) is 13.2 Å². The lowest BCUT2D eigenvalue weighted by atomic mass is 10.0. The van der Waals surface area contributed by atoms with E-state index >= 15 is 0 Å². The van der Waals surface area contributed by atoms with Crippen LogP contribution >= 0.6 is 0 Å². The zero-order chi connectivity index (χ0) is 15.5. The molecule has 0 fully saturated rings. The molecule has 4 heteroatoms. The van der Waals surface area contributed by atoms with Crippen LogP contribution in [0, 0.1) is 0 Å². The van der Waals surface area contributed by atoms with Crippen LogP contribution in [0.5, 0.6) is 0 Å². The number of benzene rings is 1. The minimum Gasteiger partial charge on any atom is -0.466 e. The lowest BCUT2D eigenvalue weighted by Crippen LogP contribution is -2.19. The molecule has 22 heavy (non-hydrogen) atoms. The molecule has 0 amide bonds. The Morgan fingerprint density at radius 2 is 2.18 bits per heavy atom. The summed E-state index contributed by atoms with van der Waals surface area (Å²) in [6.07, 6.45) is 11.4. The summed E-state index contributed by atoms with van der Waals surface area (Å²) in [5, 5.41) is 1.23. The van der Waals surface area contributed by atoms with Gasteiger partial charge in [0.15, 0.2) is 0 Å². The van der Waals surface area contributed by atoms with E-state index in [2.05, 4.69) is 39.0 Å². The summed E-state index contributed by atoms with van der Waals surface area (Å²) in [6, 6.07) is 8.45. The molecule has 3 rings (SSSR count). The first-order valence-corrected chi connectivity index (χ1v) is 7.13. The van der Waals surface area contributed by atoms with Gasteiger partial charge in [0.25, 0.3) is 0 Å². The third-order valence-electron chi connectivity index (χ3n) is 3.82. The predicted molar refractivity (Wildman–Crippen MR) is 87.2 cm³/mol. The summed E-state index contributed by atoms with van der Waals surface area (Å²) in [6.45, 7) is 0. The van der Waals surface area contributed by atoms with Crippen molar-refractivity contribution in [1.29, 1.82) is 0 Å². The Bertz CT molecular complexity index is 783. The standard InChI is InChI=1S/C18H18N2O2/c1-20-12-13(8-10-18(21)22-2)7-9-17(20)15-11-19-16-6-4-3-5-14(15)16/h3-12,17,19H,1-2H3/b10-8+. The lowest BCUT2D eigenvalue weighted by Gasteiger charge is -2.27. The Morgan fingerprint density at radius 3 is 2.95 bits per heavy atom. The van der Waals surface area contributed by atoms with Gasteiger partial charge in [-0.25, -0.2) is 4.79 Å². The van der Waals surface area contributed by atoms with E-state index in [1.807, 2.05) is 31.5 Å². The van der Waals surface area contributed by atoms with Gasteiger partial charge in [-0.1, -0.05) is 30.4 Å². The maximum absolute atomic E-state index is 11.2. The van der Waals surface area contributed by atoms with Crippen LogP contribution in [0.4, 0.5) is 0 Å². The Morgan fingerprint density at radius 1 is 1.36 bits per heavy atom. The molecule has 1 aromatic heterocycles. The van der Waals surface area contributed by atoms with Crippen molar-refractivity contribution in [3.05, 3.63) is 72.1 Å². The number of esters is 1. The number of likely N-dealkylation sites (N-methyl/N-ethyl adjacent to an activating group) is 1. The van der Waals surface area contributed by atoms with E-state index in [0.29, 0.717) is 0 Å². The van der Waals surface area contributed by atoms with Crippen LogP contribution in [0.1, 0.15) is 11.6 Å². The van der Waals surface area contributed by atoms with Gasteiger partial charge in [-0.3, -0.25) is 0 Å². The summed E-state index contributed by atoms with van der Waals surface area (Å²) in [7, 11) is 3.40. The van der Waals surface area contributed by atoms with E-state index in [9.17, 15) is 4.79 Å². The first-order chi connectivity index (χ1) is 10.7. The summed E-state index contributed by atoms with van der Waals surface area (Å²) in [5.41, 5.74) is 3.34. The number of rotatable bonds is 3. The number of nitrogens with one attached hydrogen (secondary N) is 1. The summed E-state index contributed by atoms with van der Waals surface area (Å²) < 4.78 is 4.60. The van der Waals surface area contributed by atoms with Crippen LogP contribution in [0.2, 0.25) is 0 Å². The fraction of sp³-hybridized carbons (Fsp3) is 0.167. The molecule has 112 valence electrons. The zero-order valence-corrected chi connectivity index (χ0v) is 12.6. The highest BCUT2D eigenvalue weighted by Gasteiger charge is 2.18. The van der Waals surface area contributed by atoms with Gasteiger partial charge in [-0.15, -0.1) is 0 Å². The summed E-state index contributed by atoms with van der Waals surface area (Å²) >= 11 is 0. The number of methoxy groups -OCH3 is 1. The lowest BCUT2D eigenvalue weighted by molar-refractivity contribution is -0.134. The first kappa shape index (κ1) is 14.2. The molecule has 0 bridgehead atoms. The minimum atomic E-state index is -0.351. The van der Waals surface area contributed by atoms with Gasteiger partial charge < -0.3 is 14.6 Å². The van der Waals surface area contributed by atoms with Crippen molar-refractivity contribution in [1.82, 2.24) is 9.88 Å². The Labute approximate surface area is 129 Å². The number of aromatic nitrogens is 1. The van der Waals surface area contributed by atoms with Crippen LogP contribution in [-0.2, 0) is 9.53 Å².